The zero-order valence-electron chi connectivity index (χ0n) is 21.2. The number of urea groups is 1. The molecule has 6 nitrogen and oxygen atoms in total. The van der Waals surface area contributed by atoms with Gasteiger partial charge < -0.3 is 20.3 Å². The quantitative estimate of drug-likeness (QED) is 0.401. The molecule has 214 valence electrons. The van der Waals surface area contributed by atoms with Crippen LogP contribution in [0.3, 0.4) is 0 Å². The van der Waals surface area contributed by atoms with Crippen LogP contribution in [0.4, 0.5) is 40.3 Å². The van der Waals surface area contributed by atoms with Gasteiger partial charge in [-0.2, -0.15) is 26.3 Å². The number of hydrogen-bond donors (Lipinski definition) is 2. The highest BCUT2D eigenvalue weighted by molar-refractivity contribution is 5.75. The average Bonchev–Trinajstić information content (AvgIpc) is 2.83. The van der Waals surface area contributed by atoms with Crippen molar-refractivity contribution in [2.75, 3.05) is 19.6 Å². The molecule has 2 atom stereocenters. The van der Waals surface area contributed by atoms with Crippen LogP contribution >= 0.6 is 0 Å². The first-order valence-electron chi connectivity index (χ1n) is 12.2. The van der Waals surface area contributed by atoms with E-state index >= 15 is 0 Å². The fraction of sp³-hybridized carbons (Fsp3) is 0.462. The van der Waals surface area contributed by atoms with Crippen LogP contribution < -0.4 is 10.6 Å². The number of alkyl halides is 6. The Labute approximate surface area is 220 Å². The van der Waals surface area contributed by atoms with Crippen molar-refractivity contribution >= 4 is 12.1 Å². The fourth-order valence-electron chi connectivity index (χ4n) is 4.51. The molecule has 0 saturated carbocycles. The van der Waals surface area contributed by atoms with Crippen LogP contribution in [0.25, 0.3) is 0 Å². The molecule has 2 aromatic carbocycles. The molecule has 0 spiro atoms. The fourth-order valence-corrected chi connectivity index (χ4v) is 4.51. The monoisotopic (exact) mass is 563 g/mol. The molecule has 0 aromatic heterocycles. The summed E-state index contributed by atoms with van der Waals surface area (Å²) in [7, 11) is 0. The number of likely N-dealkylation sites (tertiary alicyclic amines) is 1. The van der Waals surface area contributed by atoms with Gasteiger partial charge in [0.25, 0.3) is 0 Å². The van der Waals surface area contributed by atoms with Gasteiger partial charge in [-0.15, -0.1) is 0 Å². The second-order valence-corrected chi connectivity index (χ2v) is 9.19. The van der Waals surface area contributed by atoms with Crippen LogP contribution in [0.2, 0.25) is 0 Å². The molecule has 0 aliphatic carbocycles. The summed E-state index contributed by atoms with van der Waals surface area (Å²) in [6, 6.07) is 4.11. The molecule has 1 saturated heterocycles. The smallest absolute Gasteiger partial charge is 0.416 e. The third-order valence-electron chi connectivity index (χ3n) is 6.34. The molecule has 3 amide bonds. The molecule has 0 radical (unpaired) electrons. The number of benzene rings is 2. The van der Waals surface area contributed by atoms with Crippen molar-refractivity contribution in [1.82, 2.24) is 15.5 Å². The van der Waals surface area contributed by atoms with Gasteiger partial charge >= 0.3 is 24.5 Å². The molecule has 1 aliphatic heterocycles. The lowest BCUT2D eigenvalue weighted by Crippen LogP contribution is -2.49. The van der Waals surface area contributed by atoms with Gasteiger partial charge in [0.15, 0.2) is 0 Å². The number of nitrogens with one attached hydrogen (secondary N) is 2. The lowest BCUT2D eigenvalue weighted by atomic mass is 9.91. The van der Waals surface area contributed by atoms with E-state index in [1.807, 2.05) is 0 Å². The number of carbonyl (C=O) groups excluding carboxylic acids is 2. The van der Waals surface area contributed by atoms with E-state index < -0.39 is 53.6 Å². The van der Waals surface area contributed by atoms with E-state index in [0.29, 0.717) is 36.2 Å². The van der Waals surface area contributed by atoms with E-state index in [1.165, 1.54) is 23.1 Å². The van der Waals surface area contributed by atoms with Crippen molar-refractivity contribution in [3.8, 4) is 0 Å². The summed E-state index contributed by atoms with van der Waals surface area (Å²) >= 11 is 0. The van der Waals surface area contributed by atoms with Crippen LogP contribution in [0, 0.1) is 12.7 Å². The van der Waals surface area contributed by atoms with E-state index in [-0.39, 0.29) is 37.6 Å². The number of hydrogen-bond acceptors (Lipinski definition) is 3. The van der Waals surface area contributed by atoms with Crippen molar-refractivity contribution in [3.05, 3.63) is 70.0 Å². The average molecular weight is 564 g/mol. The first-order valence-corrected chi connectivity index (χ1v) is 12.2. The molecule has 1 aliphatic rings. The molecule has 0 bridgehead atoms. The molecular weight excluding hydrogens is 535 g/mol. The Morgan fingerprint density at radius 1 is 1.00 bits per heavy atom. The minimum absolute atomic E-state index is 0.0463. The maximum absolute atomic E-state index is 13.7. The molecular formula is C26H28F7N3O3. The summed E-state index contributed by atoms with van der Waals surface area (Å²) in [6.45, 7) is 3.65. The molecule has 2 N–H and O–H groups in total. The Bertz CT molecular complexity index is 1150. The van der Waals surface area contributed by atoms with Crippen LogP contribution in [0.5, 0.6) is 0 Å². The topological polar surface area (TPSA) is 70.7 Å². The Hall–Kier alpha value is -3.51. The summed E-state index contributed by atoms with van der Waals surface area (Å²) in [4.78, 5) is 26.4. The van der Waals surface area contributed by atoms with Crippen LogP contribution in [-0.2, 0) is 23.5 Å². The molecule has 1 heterocycles. The number of piperidine rings is 1. The highest BCUT2D eigenvalue weighted by Gasteiger charge is 2.37. The van der Waals surface area contributed by atoms with Crippen LogP contribution in [0.15, 0.2) is 36.4 Å². The third-order valence-corrected chi connectivity index (χ3v) is 6.34. The van der Waals surface area contributed by atoms with E-state index in [2.05, 4.69) is 10.6 Å². The number of ether oxygens (including phenoxy) is 1. The standard InChI is InChI=1S/C26H28F7N3O3/c1-3-34-24(38)39-20-7-9-36(22(14-20)21-5-4-19(27)10-15(21)2)23(37)35-8-6-16-11-17(25(28,29)30)13-18(12-16)26(31,32)33/h4-5,10-13,20,22H,3,6-9,14H2,1-2H3,(H,34,38)(H,35,37)/t20-,22+/m0/s1. The Morgan fingerprint density at radius 3 is 2.21 bits per heavy atom. The number of nitrogens with zero attached hydrogens (tertiary/aromatic N) is 1. The molecule has 2 aromatic rings. The highest BCUT2D eigenvalue weighted by Crippen LogP contribution is 2.37. The molecule has 3 rings (SSSR count). The van der Waals surface area contributed by atoms with Crippen molar-refractivity contribution in [2.24, 2.45) is 0 Å². The largest absolute Gasteiger partial charge is 0.446 e. The van der Waals surface area contributed by atoms with Crippen molar-refractivity contribution in [2.45, 2.75) is 57.6 Å². The van der Waals surface area contributed by atoms with E-state index in [9.17, 15) is 40.3 Å². The lowest BCUT2D eigenvalue weighted by molar-refractivity contribution is -0.143. The summed E-state index contributed by atoms with van der Waals surface area (Å²) < 4.78 is 98.0. The summed E-state index contributed by atoms with van der Waals surface area (Å²) in [5.41, 5.74) is -1.93. The van der Waals surface area contributed by atoms with Gasteiger partial charge in [-0.1, -0.05) is 6.07 Å². The Balaban J connectivity index is 1.75. The molecule has 13 heteroatoms. The van der Waals surface area contributed by atoms with Gasteiger partial charge in [-0.05, 0) is 67.3 Å². The van der Waals surface area contributed by atoms with Crippen molar-refractivity contribution in [1.29, 1.82) is 0 Å². The van der Waals surface area contributed by atoms with Gasteiger partial charge in [0, 0.05) is 32.5 Å². The van der Waals surface area contributed by atoms with Crippen LogP contribution in [0.1, 0.15) is 53.6 Å². The van der Waals surface area contributed by atoms with Crippen molar-refractivity contribution in [3.63, 3.8) is 0 Å². The number of carbonyl (C=O) groups is 2. The second-order valence-electron chi connectivity index (χ2n) is 9.19. The SMILES string of the molecule is CCNC(=O)O[C@H]1CCN(C(=O)NCCc2cc(C(F)(F)F)cc(C(F)(F)F)c2)[C@@H](c2ccc(F)cc2C)C1. The summed E-state index contributed by atoms with van der Waals surface area (Å²) in [5, 5.41) is 5.08. The Kier molecular flexibility index (Phi) is 9.34. The molecule has 0 unspecified atom stereocenters. The second kappa shape index (κ2) is 12.1. The predicted molar refractivity (Wildman–Crippen MR) is 127 cm³/mol. The van der Waals surface area contributed by atoms with E-state index in [4.69, 9.17) is 4.74 Å². The minimum atomic E-state index is -4.97. The number of amides is 3. The molecule has 39 heavy (non-hydrogen) atoms. The zero-order chi connectivity index (χ0) is 29.0. The van der Waals surface area contributed by atoms with Gasteiger partial charge in [-0.3, -0.25) is 0 Å². The van der Waals surface area contributed by atoms with Crippen LogP contribution in [-0.4, -0.2) is 42.8 Å². The lowest BCUT2D eigenvalue weighted by Gasteiger charge is -2.40. The number of rotatable bonds is 6. The van der Waals surface area contributed by atoms with Gasteiger partial charge in [0.2, 0.25) is 0 Å². The minimum Gasteiger partial charge on any atom is -0.446 e. The van der Waals surface area contributed by atoms with Gasteiger partial charge in [0.1, 0.15) is 11.9 Å². The maximum atomic E-state index is 13.7. The normalized spacial score (nSPS) is 18.0. The number of alkyl carbamates (subject to hydrolysis) is 1. The third kappa shape index (κ3) is 7.99. The first-order chi connectivity index (χ1) is 18.2. The van der Waals surface area contributed by atoms with Crippen molar-refractivity contribution < 1.29 is 45.1 Å². The maximum Gasteiger partial charge on any atom is 0.416 e. The van der Waals surface area contributed by atoms with Gasteiger partial charge in [-0.25, -0.2) is 14.0 Å². The Morgan fingerprint density at radius 2 is 1.64 bits per heavy atom. The first kappa shape index (κ1) is 30.0. The summed E-state index contributed by atoms with van der Waals surface area (Å²) in [5.74, 6) is -0.475. The molecule has 1 fully saturated rings. The van der Waals surface area contributed by atoms with E-state index in [0.717, 1.165) is 0 Å². The predicted octanol–water partition coefficient (Wildman–Crippen LogP) is 6.38. The van der Waals surface area contributed by atoms with Gasteiger partial charge in [0.05, 0.1) is 17.2 Å². The number of aryl methyl sites for hydroxylation is 1. The number of halogens is 7. The highest BCUT2D eigenvalue weighted by atomic mass is 19.4. The van der Waals surface area contributed by atoms with E-state index in [1.54, 1.807) is 13.8 Å². The summed E-state index contributed by atoms with van der Waals surface area (Å²) in [6.07, 6.45) is -10.9. The zero-order valence-corrected chi connectivity index (χ0v) is 21.2.